The van der Waals surface area contributed by atoms with Crippen LogP contribution in [0.15, 0.2) is 59.2 Å². The Balaban J connectivity index is 1.87. The van der Waals surface area contributed by atoms with Crippen molar-refractivity contribution in [2.45, 2.75) is 26.7 Å². The number of carbonyl (C=O) groups is 2. The molecule has 0 aromatic heterocycles. The van der Waals surface area contributed by atoms with Crippen LogP contribution in [0.2, 0.25) is 0 Å². The predicted octanol–water partition coefficient (Wildman–Crippen LogP) is 4.14. The molecule has 2 aromatic rings. The first-order valence-electron chi connectivity index (χ1n) is 9.16. The van der Waals surface area contributed by atoms with Crippen molar-refractivity contribution in [3.63, 3.8) is 0 Å². The highest BCUT2D eigenvalue weighted by Crippen LogP contribution is 2.30. The molecule has 1 heterocycles. The summed E-state index contributed by atoms with van der Waals surface area (Å²) >= 11 is 0. The van der Waals surface area contributed by atoms with E-state index in [2.05, 4.69) is 4.99 Å². The van der Waals surface area contributed by atoms with Gasteiger partial charge in [0.25, 0.3) is 0 Å². The lowest BCUT2D eigenvalue weighted by atomic mass is 10.1. The normalized spacial score (nSPS) is 14.6. The Kier molecular flexibility index (Phi) is 6.22. The summed E-state index contributed by atoms with van der Waals surface area (Å²) in [5.41, 5.74) is 1.60. The zero-order chi connectivity index (χ0) is 19.9. The summed E-state index contributed by atoms with van der Waals surface area (Å²) in [7, 11) is 0. The molecule has 0 saturated heterocycles. The van der Waals surface area contributed by atoms with Gasteiger partial charge in [0.2, 0.25) is 5.90 Å². The Hall–Kier alpha value is -3.41. The average Bonchev–Trinajstić information content (AvgIpc) is 3.05. The maximum Gasteiger partial charge on any atom is 0.363 e. The molecule has 0 amide bonds. The molecule has 0 unspecified atom stereocenters. The van der Waals surface area contributed by atoms with E-state index >= 15 is 0 Å². The lowest BCUT2D eigenvalue weighted by Crippen LogP contribution is -2.08. The molecule has 0 radical (unpaired) electrons. The topological polar surface area (TPSA) is 74.2 Å². The summed E-state index contributed by atoms with van der Waals surface area (Å²) in [5, 5.41) is 0. The number of nitrogens with zero attached hydrogens (tertiary/aromatic N) is 1. The van der Waals surface area contributed by atoms with Gasteiger partial charge in [-0.25, -0.2) is 9.79 Å². The van der Waals surface area contributed by atoms with Crippen LogP contribution < -0.4 is 9.47 Å². The molecule has 6 nitrogen and oxygen atoms in total. The minimum Gasteiger partial charge on any atom is -0.490 e. The number of esters is 2. The van der Waals surface area contributed by atoms with Crippen LogP contribution in [-0.4, -0.2) is 24.4 Å². The van der Waals surface area contributed by atoms with Crippen LogP contribution >= 0.6 is 0 Å². The number of ether oxygens (including phenoxy) is 3. The summed E-state index contributed by atoms with van der Waals surface area (Å²) in [6.07, 6.45) is 2.65. The third-order valence-electron chi connectivity index (χ3n) is 3.89. The molecular formula is C22H21NO5. The maximum atomic E-state index is 12.2. The van der Waals surface area contributed by atoms with Crippen molar-refractivity contribution >= 4 is 23.9 Å². The Morgan fingerprint density at radius 1 is 1.11 bits per heavy atom. The molecule has 0 atom stereocenters. The van der Waals surface area contributed by atoms with Gasteiger partial charge in [-0.2, -0.15) is 0 Å². The molecule has 0 saturated carbocycles. The summed E-state index contributed by atoms with van der Waals surface area (Å²) < 4.78 is 16.2. The third-order valence-corrected chi connectivity index (χ3v) is 3.89. The van der Waals surface area contributed by atoms with Crippen LogP contribution in [0, 0.1) is 0 Å². The Labute approximate surface area is 163 Å². The Bertz CT molecular complexity index is 931. The van der Waals surface area contributed by atoms with Crippen molar-refractivity contribution in [3.8, 4) is 11.5 Å². The van der Waals surface area contributed by atoms with Gasteiger partial charge in [0.05, 0.1) is 6.61 Å². The van der Waals surface area contributed by atoms with Gasteiger partial charge in [-0.1, -0.05) is 31.2 Å². The number of rotatable bonds is 7. The van der Waals surface area contributed by atoms with Crippen LogP contribution in [0.4, 0.5) is 0 Å². The van der Waals surface area contributed by atoms with Gasteiger partial charge in [-0.15, -0.1) is 0 Å². The quantitative estimate of drug-likeness (QED) is 0.411. The van der Waals surface area contributed by atoms with Crippen LogP contribution in [0.3, 0.4) is 0 Å². The van der Waals surface area contributed by atoms with Gasteiger partial charge < -0.3 is 14.2 Å². The maximum absolute atomic E-state index is 12.2. The van der Waals surface area contributed by atoms with Crippen LogP contribution in [-0.2, 0) is 14.3 Å². The Morgan fingerprint density at radius 3 is 2.61 bits per heavy atom. The van der Waals surface area contributed by atoms with E-state index in [0.717, 1.165) is 5.56 Å². The van der Waals surface area contributed by atoms with Gasteiger partial charge in [-0.3, -0.25) is 4.79 Å². The van der Waals surface area contributed by atoms with Crippen molar-refractivity contribution in [1.29, 1.82) is 0 Å². The SMILES string of the molecule is CCCC(=O)Oc1ccc(/C=C2/N=C(c3ccccc3)OC2=O)cc1OCC. The fraction of sp³-hybridized carbons (Fsp3) is 0.227. The number of benzene rings is 2. The molecule has 0 fully saturated rings. The highest BCUT2D eigenvalue weighted by atomic mass is 16.6. The molecule has 0 aliphatic carbocycles. The highest BCUT2D eigenvalue weighted by Gasteiger charge is 2.24. The molecule has 144 valence electrons. The van der Waals surface area contributed by atoms with E-state index in [9.17, 15) is 9.59 Å². The number of carbonyl (C=O) groups excluding carboxylic acids is 2. The molecule has 0 spiro atoms. The van der Waals surface area contributed by atoms with Gasteiger partial charge in [-0.05, 0) is 49.2 Å². The van der Waals surface area contributed by atoms with E-state index in [1.165, 1.54) is 0 Å². The van der Waals surface area contributed by atoms with Crippen LogP contribution in [0.1, 0.15) is 37.8 Å². The largest absolute Gasteiger partial charge is 0.490 e. The summed E-state index contributed by atoms with van der Waals surface area (Å²) in [6, 6.07) is 14.3. The lowest BCUT2D eigenvalue weighted by Gasteiger charge is -2.11. The number of hydrogen-bond donors (Lipinski definition) is 0. The van der Waals surface area contributed by atoms with Gasteiger partial charge in [0.1, 0.15) is 0 Å². The first kappa shape index (κ1) is 19.4. The van der Waals surface area contributed by atoms with Crippen LogP contribution in [0.5, 0.6) is 11.5 Å². The fourth-order valence-corrected chi connectivity index (χ4v) is 2.62. The smallest absolute Gasteiger partial charge is 0.363 e. The zero-order valence-electron chi connectivity index (χ0n) is 15.8. The summed E-state index contributed by atoms with van der Waals surface area (Å²) in [4.78, 5) is 28.2. The molecule has 0 N–H and O–H groups in total. The Morgan fingerprint density at radius 2 is 1.89 bits per heavy atom. The van der Waals surface area contributed by atoms with E-state index in [4.69, 9.17) is 14.2 Å². The second-order valence-electron chi connectivity index (χ2n) is 6.07. The molecule has 1 aliphatic heterocycles. The molecule has 1 aliphatic rings. The first-order chi connectivity index (χ1) is 13.6. The monoisotopic (exact) mass is 379 g/mol. The zero-order valence-corrected chi connectivity index (χ0v) is 15.8. The third kappa shape index (κ3) is 4.65. The molecule has 0 bridgehead atoms. The average molecular weight is 379 g/mol. The lowest BCUT2D eigenvalue weighted by molar-refractivity contribution is -0.134. The second kappa shape index (κ2) is 8.99. The number of cyclic esters (lactones) is 1. The molecular weight excluding hydrogens is 358 g/mol. The minimum atomic E-state index is -0.518. The van der Waals surface area contributed by atoms with Gasteiger partial charge in [0.15, 0.2) is 17.2 Å². The number of hydrogen-bond acceptors (Lipinski definition) is 6. The van der Waals surface area contributed by atoms with Crippen molar-refractivity contribution in [2.75, 3.05) is 6.61 Å². The number of aliphatic imine (C=N–C) groups is 1. The standard InChI is InChI=1S/C22H21NO5/c1-3-8-20(24)27-18-12-11-15(14-19(18)26-4-2)13-17-22(25)28-21(23-17)16-9-6-5-7-10-16/h5-7,9-14H,3-4,8H2,1-2H3/b17-13+. The van der Waals surface area contributed by atoms with E-state index in [1.54, 1.807) is 24.3 Å². The summed E-state index contributed by atoms with van der Waals surface area (Å²) in [5.74, 6) is 0.221. The van der Waals surface area contributed by atoms with Crippen molar-refractivity contribution in [3.05, 3.63) is 65.4 Å². The predicted molar refractivity (Wildman–Crippen MR) is 105 cm³/mol. The van der Waals surface area contributed by atoms with Crippen molar-refractivity contribution in [2.24, 2.45) is 4.99 Å². The van der Waals surface area contributed by atoms with E-state index < -0.39 is 5.97 Å². The molecule has 2 aromatic carbocycles. The van der Waals surface area contributed by atoms with E-state index in [0.29, 0.717) is 36.5 Å². The van der Waals surface area contributed by atoms with E-state index in [-0.39, 0.29) is 17.6 Å². The van der Waals surface area contributed by atoms with Crippen molar-refractivity contribution < 1.29 is 23.8 Å². The van der Waals surface area contributed by atoms with Crippen LogP contribution in [0.25, 0.3) is 6.08 Å². The molecule has 28 heavy (non-hydrogen) atoms. The summed E-state index contributed by atoms with van der Waals surface area (Å²) in [6.45, 7) is 4.16. The first-order valence-corrected chi connectivity index (χ1v) is 9.16. The minimum absolute atomic E-state index is 0.192. The fourth-order valence-electron chi connectivity index (χ4n) is 2.62. The highest BCUT2D eigenvalue weighted by molar-refractivity contribution is 6.12. The molecule has 6 heteroatoms. The van der Waals surface area contributed by atoms with E-state index in [1.807, 2.05) is 44.2 Å². The van der Waals surface area contributed by atoms with Crippen molar-refractivity contribution in [1.82, 2.24) is 0 Å². The van der Waals surface area contributed by atoms with Gasteiger partial charge >= 0.3 is 11.9 Å². The molecule has 3 rings (SSSR count). The second-order valence-corrected chi connectivity index (χ2v) is 6.07. The van der Waals surface area contributed by atoms with Gasteiger partial charge in [0, 0.05) is 12.0 Å².